The van der Waals surface area contributed by atoms with Crippen LogP contribution < -0.4 is 5.73 Å². The first kappa shape index (κ1) is 12.3. The largest absolute Gasteiger partial charge is 0.369 e. The first-order valence-electron chi connectivity index (χ1n) is 5.95. The number of anilines is 1. The van der Waals surface area contributed by atoms with Gasteiger partial charge in [-0.2, -0.15) is 11.8 Å². The minimum Gasteiger partial charge on any atom is -0.369 e. The number of aryl methyl sites for hydroxylation is 1. The average molecular weight is 249 g/mol. The zero-order valence-electron chi connectivity index (χ0n) is 10.6. The molecule has 0 radical (unpaired) electrons. The summed E-state index contributed by atoms with van der Waals surface area (Å²) in [5, 5.41) is 0. The summed E-state index contributed by atoms with van der Waals surface area (Å²) in [6, 6.07) is 6.65. The van der Waals surface area contributed by atoms with Crippen molar-refractivity contribution >= 4 is 28.7 Å². The van der Waals surface area contributed by atoms with Gasteiger partial charge in [0.05, 0.1) is 11.0 Å². The molecule has 2 rings (SSSR count). The van der Waals surface area contributed by atoms with Crippen LogP contribution in [0.25, 0.3) is 11.0 Å². The van der Waals surface area contributed by atoms with E-state index in [1.54, 1.807) is 0 Å². The summed E-state index contributed by atoms with van der Waals surface area (Å²) in [7, 11) is 0. The minimum atomic E-state index is 0.381. The Balaban J connectivity index is 2.44. The van der Waals surface area contributed by atoms with Gasteiger partial charge in [-0.3, -0.25) is 0 Å². The molecule has 92 valence electrons. The van der Waals surface area contributed by atoms with Gasteiger partial charge in [0.1, 0.15) is 0 Å². The Hall–Kier alpha value is -1.16. The van der Waals surface area contributed by atoms with E-state index in [1.165, 1.54) is 5.56 Å². The van der Waals surface area contributed by atoms with Crippen LogP contribution in [0.2, 0.25) is 0 Å². The SMILES string of the molecule is CCSCC(C)n1c(N)nc2ccc(C)cc21. The van der Waals surface area contributed by atoms with Crippen molar-refractivity contribution in [1.29, 1.82) is 0 Å². The lowest BCUT2D eigenvalue weighted by atomic mass is 10.2. The van der Waals surface area contributed by atoms with E-state index in [1.807, 2.05) is 17.8 Å². The van der Waals surface area contributed by atoms with Gasteiger partial charge in [-0.05, 0) is 37.3 Å². The first-order valence-corrected chi connectivity index (χ1v) is 7.10. The second-order valence-electron chi connectivity index (χ2n) is 4.34. The number of rotatable bonds is 4. The van der Waals surface area contributed by atoms with E-state index in [0.29, 0.717) is 12.0 Å². The summed E-state index contributed by atoms with van der Waals surface area (Å²) < 4.78 is 2.14. The van der Waals surface area contributed by atoms with Crippen molar-refractivity contribution in [3.8, 4) is 0 Å². The molecule has 2 aromatic rings. The molecule has 1 atom stereocenters. The molecule has 0 saturated heterocycles. The maximum absolute atomic E-state index is 6.02. The number of nitrogens with two attached hydrogens (primary N) is 1. The van der Waals surface area contributed by atoms with Gasteiger partial charge in [0.15, 0.2) is 0 Å². The second kappa shape index (κ2) is 5.00. The van der Waals surface area contributed by atoms with Gasteiger partial charge in [0, 0.05) is 11.8 Å². The van der Waals surface area contributed by atoms with Crippen molar-refractivity contribution in [2.45, 2.75) is 26.8 Å². The molecule has 1 aromatic heterocycles. The molecule has 17 heavy (non-hydrogen) atoms. The molecule has 0 aliphatic rings. The monoisotopic (exact) mass is 249 g/mol. The number of nitrogens with zero attached hydrogens (tertiary/aromatic N) is 2. The summed E-state index contributed by atoms with van der Waals surface area (Å²) in [6.07, 6.45) is 0. The van der Waals surface area contributed by atoms with Crippen molar-refractivity contribution in [2.24, 2.45) is 0 Å². The van der Waals surface area contributed by atoms with E-state index >= 15 is 0 Å². The molecule has 0 spiro atoms. The van der Waals surface area contributed by atoms with Crippen molar-refractivity contribution in [1.82, 2.24) is 9.55 Å². The quantitative estimate of drug-likeness (QED) is 0.904. The molecule has 0 fully saturated rings. The molecule has 0 aliphatic carbocycles. The Labute approximate surface area is 106 Å². The van der Waals surface area contributed by atoms with Crippen LogP contribution in [0.1, 0.15) is 25.5 Å². The van der Waals surface area contributed by atoms with E-state index in [-0.39, 0.29) is 0 Å². The maximum atomic E-state index is 6.02. The Morgan fingerprint density at radius 3 is 2.94 bits per heavy atom. The number of hydrogen-bond donors (Lipinski definition) is 1. The van der Waals surface area contributed by atoms with Crippen LogP contribution in [-0.4, -0.2) is 21.1 Å². The Morgan fingerprint density at radius 1 is 1.47 bits per heavy atom. The van der Waals surface area contributed by atoms with E-state index in [2.05, 4.69) is 42.5 Å². The number of nitrogen functional groups attached to an aromatic ring is 1. The van der Waals surface area contributed by atoms with Crippen molar-refractivity contribution in [2.75, 3.05) is 17.2 Å². The first-order chi connectivity index (χ1) is 8.13. The maximum Gasteiger partial charge on any atom is 0.201 e. The van der Waals surface area contributed by atoms with Crippen LogP contribution in [0.5, 0.6) is 0 Å². The molecular weight excluding hydrogens is 230 g/mol. The average Bonchev–Trinajstić information content (AvgIpc) is 2.61. The summed E-state index contributed by atoms with van der Waals surface area (Å²) in [6.45, 7) is 6.47. The zero-order valence-corrected chi connectivity index (χ0v) is 11.4. The number of imidazole rings is 1. The second-order valence-corrected chi connectivity index (χ2v) is 5.66. The fraction of sp³-hybridized carbons (Fsp3) is 0.462. The molecule has 4 heteroatoms. The molecule has 1 unspecified atom stereocenters. The number of thioether (sulfide) groups is 1. The highest BCUT2D eigenvalue weighted by molar-refractivity contribution is 7.99. The highest BCUT2D eigenvalue weighted by atomic mass is 32.2. The van der Waals surface area contributed by atoms with Crippen LogP contribution in [0.3, 0.4) is 0 Å². The normalized spacial score (nSPS) is 13.1. The van der Waals surface area contributed by atoms with Gasteiger partial charge in [-0.25, -0.2) is 4.98 Å². The topological polar surface area (TPSA) is 43.8 Å². The van der Waals surface area contributed by atoms with Crippen molar-refractivity contribution in [3.63, 3.8) is 0 Å². The third kappa shape index (κ3) is 2.41. The van der Waals surface area contributed by atoms with Crippen LogP contribution in [0.15, 0.2) is 18.2 Å². The van der Waals surface area contributed by atoms with Crippen molar-refractivity contribution in [3.05, 3.63) is 23.8 Å². The Bertz CT molecular complexity index is 519. The van der Waals surface area contributed by atoms with Gasteiger partial charge in [0.25, 0.3) is 0 Å². The molecular formula is C13H19N3S. The molecule has 0 aliphatic heterocycles. The van der Waals surface area contributed by atoms with Gasteiger partial charge >= 0.3 is 0 Å². The summed E-state index contributed by atoms with van der Waals surface area (Å²) >= 11 is 1.93. The summed E-state index contributed by atoms with van der Waals surface area (Å²) in [4.78, 5) is 4.41. The Morgan fingerprint density at radius 2 is 2.24 bits per heavy atom. The lowest BCUT2D eigenvalue weighted by Crippen LogP contribution is -2.11. The number of fused-ring (bicyclic) bond motifs is 1. The van der Waals surface area contributed by atoms with Crippen LogP contribution >= 0.6 is 11.8 Å². The predicted octanol–water partition coefficient (Wildman–Crippen LogP) is 3.24. The molecule has 3 nitrogen and oxygen atoms in total. The highest BCUT2D eigenvalue weighted by Gasteiger charge is 2.13. The molecule has 0 bridgehead atoms. The molecule has 0 amide bonds. The van der Waals surface area contributed by atoms with Crippen molar-refractivity contribution < 1.29 is 0 Å². The Kier molecular flexibility index (Phi) is 3.62. The summed E-state index contributed by atoms with van der Waals surface area (Å²) in [5.41, 5.74) is 9.40. The van der Waals surface area contributed by atoms with Gasteiger partial charge in [-0.1, -0.05) is 13.0 Å². The predicted molar refractivity (Wildman–Crippen MR) is 76.6 cm³/mol. The molecule has 1 heterocycles. The standard InChI is InChI=1S/C13H19N3S/c1-4-17-8-10(3)16-12-7-9(2)5-6-11(12)15-13(16)14/h5-7,10H,4,8H2,1-3H3,(H2,14,15). The smallest absolute Gasteiger partial charge is 0.201 e. The fourth-order valence-corrected chi connectivity index (χ4v) is 2.77. The molecule has 0 saturated carbocycles. The highest BCUT2D eigenvalue weighted by Crippen LogP contribution is 2.25. The summed E-state index contributed by atoms with van der Waals surface area (Å²) in [5.74, 6) is 2.82. The van der Waals surface area contributed by atoms with Crippen LogP contribution in [-0.2, 0) is 0 Å². The van der Waals surface area contributed by atoms with Gasteiger partial charge in [0.2, 0.25) is 5.95 Å². The van der Waals surface area contributed by atoms with E-state index in [9.17, 15) is 0 Å². The zero-order chi connectivity index (χ0) is 12.4. The third-order valence-corrected chi connectivity index (χ3v) is 4.00. The van der Waals surface area contributed by atoms with Gasteiger partial charge < -0.3 is 10.3 Å². The molecule has 2 N–H and O–H groups in total. The third-order valence-electron chi connectivity index (χ3n) is 2.88. The number of aromatic nitrogens is 2. The van der Waals surface area contributed by atoms with Crippen LogP contribution in [0.4, 0.5) is 5.95 Å². The lowest BCUT2D eigenvalue weighted by Gasteiger charge is -2.15. The lowest BCUT2D eigenvalue weighted by molar-refractivity contribution is 0.636. The number of hydrogen-bond acceptors (Lipinski definition) is 3. The van der Waals surface area contributed by atoms with Gasteiger partial charge in [-0.15, -0.1) is 0 Å². The van der Waals surface area contributed by atoms with Crippen LogP contribution in [0, 0.1) is 6.92 Å². The number of benzene rings is 1. The van der Waals surface area contributed by atoms with E-state index < -0.39 is 0 Å². The van der Waals surface area contributed by atoms with E-state index in [4.69, 9.17) is 5.73 Å². The minimum absolute atomic E-state index is 0.381. The molecule has 1 aromatic carbocycles. The van der Waals surface area contributed by atoms with E-state index in [0.717, 1.165) is 22.5 Å². The fourth-order valence-electron chi connectivity index (χ4n) is 2.05.